The predicted octanol–water partition coefficient (Wildman–Crippen LogP) is 5.02. The zero-order chi connectivity index (χ0) is 28.8. The minimum absolute atomic E-state index is 0.00894. The first-order chi connectivity index (χ1) is 17.3. The molecule has 0 bridgehead atoms. The number of amides is 2. The molecule has 1 aliphatic heterocycles. The largest absolute Gasteiger partial charge is 0.408 e. The molecule has 2 aromatic rings. The van der Waals surface area contributed by atoms with Gasteiger partial charge in [-0.15, -0.1) is 11.3 Å². The number of hydrogen-bond donors (Lipinski definition) is 2. The average Bonchev–Trinajstić information content (AvgIpc) is 3.41. The summed E-state index contributed by atoms with van der Waals surface area (Å²) in [5, 5.41) is 12.2. The van der Waals surface area contributed by atoms with Crippen LogP contribution in [0.4, 0.5) is 26.3 Å². The summed E-state index contributed by atoms with van der Waals surface area (Å²) in [6.45, 7) is 6.40. The molecular formula is C24H28F6N4O3S. The third kappa shape index (κ3) is 5.65. The van der Waals surface area contributed by atoms with E-state index in [4.69, 9.17) is 0 Å². The molecule has 2 aromatic heterocycles. The lowest BCUT2D eigenvalue weighted by atomic mass is 9.83. The van der Waals surface area contributed by atoms with Crippen LogP contribution in [0.5, 0.6) is 0 Å². The molecule has 0 spiro atoms. The van der Waals surface area contributed by atoms with Crippen LogP contribution < -0.4 is 5.32 Å². The summed E-state index contributed by atoms with van der Waals surface area (Å²) in [6, 6.07) is 0.571. The van der Waals surface area contributed by atoms with Gasteiger partial charge in [-0.3, -0.25) is 14.6 Å². The maximum Gasteiger partial charge on any atom is 0.408 e. The van der Waals surface area contributed by atoms with Crippen molar-refractivity contribution < 1.29 is 41.0 Å². The molecule has 7 nitrogen and oxygen atoms in total. The summed E-state index contributed by atoms with van der Waals surface area (Å²) in [5.41, 5.74) is -6.78. The molecule has 0 radical (unpaired) electrons. The number of carbonyl (C=O) groups excluding carboxylic acids is 2. The maximum absolute atomic E-state index is 13.6. The Kier molecular flexibility index (Phi) is 7.92. The first-order valence-electron chi connectivity index (χ1n) is 11.7. The molecule has 0 aromatic carbocycles. The topological polar surface area (TPSA) is 95.4 Å². The number of aromatic nitrogens is 2. The zero-order valence-corrected chi connectivity index (χ0v) is 22.2. The number of nitrogens with zero attached hydrogens (tertiary/aromatic N) is 3. The van der Waals surface area contributed by atoms with Crippen LogP contribution in [0.15, 0.2) is 12.3 Å². The van der Waals surface area contributed by atoms with Crippen LogP contribution in [0.3, 0.4) is 0 Å². The van der Waals surface area contributed by atoms with Gasteiger partial charge < -0.3 is 15.3 Å². The highest BCUT2D eigenvalue weighted by Crippen LogP contribution is 2.51. The zero-order valence-electron chi connectivity index (χ0n) is 21.3. The Morgan fingerprint density at radius 2 is 1.76 bits per heavy atom. The van der Waals surface area contributed by atoms with Crippen LogP contribution in [0.25, 0.3) is 10.4 Å². The van der Waals surface area contributed by atoms with E-state index in [-0.39, 0.29) is 46.2 Å². The molecule has 0 saturated carbocycles. The van der Waals surface area contributed by atoms with Crippen LogP contribution in [-0.4, -0.2) is 68.9 Å². The molecule has 210 valence electrons. The Balaban J connectivity index is 2.12. The Morgan fingerprint density at radius 3 is 2.24 bits per heavy atom. The second kappa shape index (κ2) is 10.1. The highest BCUT2D eigenvalue weighted by molar-refractivity contribution is 7.17. The number of thiazole rings is 1. The fourth-order valence-corrected chi connectivity index (χ4v) is 5.05. The smallest absolute Gasteiger partial charge is 0.389 e. The van der Waals surface area contributed by atoms with Crippen LogP contribution in [0, 0.1) is 6.92 Å². The molecule has 1 atom stereocenters. The molecule has 1 fully saturated rings. The molecule has 14 heteroatoms. The maximum atomic E-state index is 13.6. The number of aryl methyl sites for hydroxylation is 1. The summed E-state index contributed by atoms with van der Waals surface area (Å²) >= 11 is 0.762. The fourth-order valence-electron chi connectivity index (χ4n) is 4.01. The van der Waals surface area contributed by atoms with Crippen LogP contribution in [0.1, 0.15) is 72.1 Å². The standard InChI is InChI=1S/C24H28F6N4O3S/c1-12-9-15(22(5,23(25,26)27)24(28,29)30)31-10-14(12)17-16(20(36)34-8-6-7-13(34)2)33-19(38-17)18(35)32-11-21(3,4)37/h9-10,13,37H,6-8,11H2,1-5H3,(H,32,35)/t13-/m0/s1. The van der Waals surface area contributed by atoms with Crippen molar-refractivity contribution in [3.05, 3.63) is 34.2 Å². The van der Waals surface area contributed by atoms with Gasteiger partial charge in [0.05, 0.1) is 16.2 Å². The monoisotopic (exact) mass is 566 g/mol. The van der Waals surface area contributed by atoms with E-state index >= 15 is 0 Å². The Morgan fingerprint density at radius 1 is 1.16 bits per heavy atom. The molecule has 0 unspecified atom stereocenters. The van der Waals surface area contributed by atoms with Gasteiger partial charge >= 0.3 is 12.4 Å². The van der Waals surface area contributed by atoms with Crippen molar-refractivity contribution in [2.24, 2.45) is 0 Å². The van der Waals surface area contributed by atoms with Crippen LogP contribution >= 0.6 is 11.3 Å². The van der Waals surface area contributed by atoms with Gasteiger partial charge in [-0.1, -0.05) is 0 Å². The Labute approximate surface area is 219 Å². The van der Waals surface area contributed by atoms with Crippen molar-refractivity contribution in [1.29, 1.82) is 0 Å². The summed E-state index contributed by atoms with van der Waals surface area (Å²) < 4.78 is 81.5. The quantitative estimate of drug-likeness (QED) is 0.479. The van der Waals surface area contributed by atoms with E-state index in [0.717, 1.165) is 30.4 Å². The Hall–Kier alpha value is -2.74. The van der Waals surface area contributed by atoms with E-state index in [9.17, 15) is 41.0 Å². The van der Waals surface area contributed by atoms with Crippen molar-refractivity contribution in [2.45, 2.75) is 76.9 Å². The molecule has 3 heterocycles. The number of halogens is 6. The number of aliphatic hydroxyl groups is 1. The van der Waals surface area contributed by atoms with Crippen LogP contribution in [0.2, 0.25) is 0 Å². The van der Waals surface area contributed by atoms with Gasteiger partial charge in [-0.05, 0) is 59.1 Å². The summed E-state index contributed by atoms with van der Waals surface area (Å²) in [6.07, 6.45) is -9.01. The van der Waals surface area contributed by atoms with Gasteiger partial charge in [0.2, 0.25) is 0 Å². The molecule has 2 N–H and O–H groups in total. The summed E-state index contributed by atoms with van der Waals surface area (Å²) in [7, 11) is 0. The SMILES string of the molecule is Cc1cc(C(C)(C(F)(F)F)C(F)(F)F)ncc1-c1sc(C(=O)NCC(C)(C)O)nc1C(=O)N1CCC[C@@H]1C. The van der Waals surface area contributed by atoms with Gasteiger partial charge in [0.15, 0.2) is 10.4 Å². The second-order valence-electron chi connectivity index (χ2n) is 10.2. The molecular weight excluding hydrogens is 538 g/mol. The highest BCUT2D eigenvalue weighted by Gasteiger charge is 2.69. The third-order valence-electron chi connectivity index (χ3n) is 6.52. The van der Waals surface area contributed by atoms with Crippen LogP contribution in [-0.2, 0) is 5.41 Å². The number of pyridine rings is 1. The lowest BCUT2D eigenvalue weighted by Gasteiger charge is -2.33. The molecule has 3 rings (SSSR count). The third-order valence-corrected chi connectivity index (χ3v) is 7.61. The average molecular weight is 567 g/mol. The minimum atomic E-state index is -5.67. The van der Waals surface area contributed by atoms with E-state index in [1.807, 2.05) is 6.92 Å². The van der Waals surface area contributed by atoms with E-state index in [1.54, 1.807) is 4.90 Å². The molecule has 0 aliphatic carbocycles. The number of likely N-dealkylation sites (tertiary alicyclic amines) is 1. The van der Waals surface area contributed by atoms with Gasteiger partial charge in [0, 0.05) is 30.9 Å². The first-order valence-corrected chi connectivity index (χ1v) is 12.5. The van der Waals surface area contributed by atoms with E-state index in [2.05, 4.69) is 15.3 Å². The molecule has 1 aliphatic rings. The Bertz CT molecular complexity index is 1210. The normalized spacial score (nSPS) is 17.2. The minimum Gasteiger partial charge on any atom is -0.389 e. The van der Waals surface area contributed by atoms with Crippen molar-refractivity contribution >= 4 is 23.2 Å². The first kappa shape index (κ1) is 29.8. The van der Waals surface area contributed by atoms with Crippen molar-refractivity contribution in [2.75, 3.05) is 13.1 Å². The lowest BCUT2D eigenvalue weighted by molar-refractivity contribution is -0.298. The predicted molar refractivity (Wildman–Crippen MR) is 128 cm³/mol. The summed E-state index contributed by atoms with van der Waals surface area (Å²) in [4.78, 5) is 35.5. The number of hydrogen-bond acceptors (Lipinski definition) is 6. The van der Waals surface area contributed by atoms with Crippen molar-refractivity contribution in [1.82, 2.24) is 20.2 Å². The van der Waals surface area contributed by atoms with E-state index in [1.165, 1.54) is 20.8 Å². The van der Waals surface area contributed by atoms with Crippen molar-refractivity contribution in [3.63, 3.8) is 0 Å². The van der Waals surface area contributed by atoms with E-state index in [0.29, 0.717) is 12.6 Å². The van der Waals surface area contributed by atoms with Gasteiger partial charge in [-0.2, -0.15) is 26.3 Å². The molecule has 2 amide bonds. The lowest BCUT2D eigenvalue weighted by Crippen LogP contribution is -2.52. The van der Waals surface area contributed by atoms with Gasteiger partial charge in [-0.25, -0.2) is 4.98 Å². The summed E-state index contributed by atoms with van der Waals surface area (Å²) in [5.74, 6) is -1.21. The highest BCUT2D eigenvalue weighted by atomic mass is 32.1. The second-order valence-corrected chi connectivity index (χ2v) is 11.2. The van der Waals surface area contributed by atoms with Gasteiger partial charge in [0.25, 0.3) is 11.8 Å². The van der Waals surface area contributed by atoms with Gasteiger partial charge in [0.1, 0.15) is 5.69 Å². The number of nitrogens with one attached hydrogen (secondary N) is 1. The number of carbonyl (C=O) groups is 2. The van der Waals surface area contributed by atoms with E-state index < -0.39 is 40.9 Å². The molecule has 38 heavy (non-hydrogen) atoms. The number of rotatable bonds is 6. The fraction of sp³-hybridized carbons (Fsp3) is 0.583. The molecule has 1 saturated heterocycles. The number of alkyl halides is 6. The van der Waals surface area contributed by atoms with Crippen molar-refractivity contribution in [3.8, 4) is 10.4 Å².